The number of carbonyl (C=O) groups is 1. The lowest BCUT2D eigenvalue weighted by molar-refractivity contribution is -0.126. The number of carbonyl (C=O) groups excluding carboxylic acids is 1. The molecule has 2 unspecified atom stereocenters. The second kappa shape index (κ2) is 4.02. The van der Waals surface area contributed by atoms with Crippen molar-refractivity contribution >= 4 is 5.91 Å². The summed E-state index contributed by atoms with van der Waals surface area (Å²) in [6, 6.07) is 0.445. The zero-order valence-corrected chi connectivity index (χ0v) is 10.1. The van der Waals surface area contributed by atoms with E-state index < -0.39 is 0 Å². The van der Waals surface area contributed by atoms with E-state index >= 15 is 0 Å². The molecule has 0 aromatic rings. The van der Waals surface area contributed by atoms with Gasteiger partial charge in [-0.3, -0.25) is 4.79 Å². The second-order valence-electron chi connectivity index (χ2n) is 6.01. The van der Waals surface area contributed by atoms with E-state index in [1.165, 1.54) is 19.3 Å². The van der Waals surface area contributed by atoms with Gasteiger partial charge in [-0.15, -0.1) is 0 Å². The Balaban J connectivity index is 1.45. The zero-order chi connectivity index (χ0) is 11.1. The van der Waals surface area contributed by atoms with Gasteiger partial charge in [0.25, 0.3) is 0 Å². The van der Waals surface area contributed by atoms with Crippen LogP contribution < -0.4 is 5.32 Å². The van der Waals surface area contributed by atoms with Crippen molar-refractivity contribution in [3.05, 3.63) is 0 Å². The summed E-state index contributed by atoms with van der Waals surface area (Å²) in [4.78, 5) is 14.4. The molecular weight excluding hydrogens is 200 g/mol. The fourth-order valence-corrected chi connectivity index (χ4v) is 3.40. The molecule has 2 aliphatic carbocycles. The highest BCUT2D eigenvalue weighted by Gasteiger charge is 2.48. The molecule has 3 fully saturated rings. The molecule has 1 heterocycles. The Kier molecular flexibility index (Phi) is 2.66. The van der Waals surface area contributed by atoms with Crippen LogP contribution in [0.2, 0.25) is 0 Å². The standard InChI is InChI=1S/C13H22N2O/c1-15-4-2-12(3-5-15)14-13(16)11-7-9-6-10(9)8-11/h9-12H,2-8H2,1H3,(H,14,16). The Morgan fingerprint density at radius 3 is 2.38 bits per heavy atom. The summed E-state index contributed by atoms with van der Waals surface area (Å²) >= 11 is 0. The summed E-state index contributed by atoms with van der Waals surface area (Å²) in [5, 5.41) is 3.26. The lowest BCUT2D eigenvalue weighted by Gasteiger charge is -2.30. The van der Waals surface area contributed by atoms with Crippen molar-refractivity contribution in [2.75, 3.05) is 20.1 Å². The maximum absolute atomic E-state index is 12.0. The van der Waals surface area contributed by atoms with Crippen LogP contribution in [-0.2, 0) is 4.79 Å². The third-order valence-electron chi connectivity index (χ3n) is 4.68. The smallest absolute Gasteiger partial charge is 0.223 e. The maximum atomic E-state index is 12.0. The molecule has 1 saturated heterocycles. The number of piperidine rings is 1. The van der Waals surface area contributed by atoms with Crippen LogP contribution in [0, 0.1) is 17.8 Å². The van der Waals surface area contributed by atoms with Gasteiger partial charge in [-0.25, -0.2) is 0 Å². The monoisotopic (exact) mass is 222 g/mol. The molecule has 16 heavy (non-hydrogen) atoms. The van der Waals surface area contributed by atoms with Crippen LogP contribution in [0.4, 0.5) is 0 Å². The number of nitrogens with one attached hydrogen (secondary N) is 1. The number of hydrogen-bond donors (Lipinski definition) is 1. The molecule has 3 nitrogen and oxygen atoms in total. The molecule has 0 spiro atoms. The van der Waals surface area contributed by atoms with Gasteiger partial charge in [0, 0.05) is 12.0 Å². The molecule has 0 aromatic carbocycles. The average molecular weight is 222 g/mol. The topological polar surface area (TPSA) is 32.3 Å². The first kappa shape index (κ1) is 10.6. The Bertz CT molecular complexity index is 274. The highest BCUT2D eigenvalue weighted by molar-refractivity contribution is 5.79. The summed E-state index contributed by atoms with van der Waals surface area (Å²) in [6.45, 7) is 2.25. The van der Waals surface area contributed by atoms with Crippen molar-refractivity contribution in [1.29, 1.82) is 0 Å². The van der Waals surface area contributed by atoms with E-state index in [4.69, 9.17) is 0 Å². The van der Waals surface area contributed by atoms with Crippen molar-refractivity contribution in [1.82, 2.24) is 10.2 Å². The third-order valence-corrected chi connectivity index (χ3v) is 4.68. The molecule has 3 aliphatic rings. The van der Waals surface area contributed by atoms with Crippen LogP contribution in [0.1, 0.15) is 32.1 Å². The number of rotatable bonds is 2. The SMILES string of the molecule is CN1CCC(NC(=O)C2CC3CC3C2)CC1. The van der Waals surface area contributed by atoms with Crippen LogP contribution in [0.15, 0.2) is 0 Å². The summed E-state index contributed by atoms with van der Waals surface area (Å²) in [5.41, 5.74) is 0. The molecule has 1 aliphatic heterocycles. The van der Waals surface area contributed by atoms with Gasteiger partial charge in [0.15, 0.2) is 0 Å². The van der Waals surface area contributed by atoms with Crippen molar-refractivity contribution in [3.63, 3.8) is 0 Å². The predicted octanol–water partition coefficient (Wildman–Crippen LogP) is 1.24. The molecule has 0 radical (unpaired) electrons. The first-order chi connectivity index (χ1) is 7.72. The zero-order valence-electron chi connectivity index (χ0n) is 10.1. The van der Waals surface area contributed by atoms with E-state index in [1.54, 1.807) is 0 Å². The van der Waals surface area contributed by atoms with Gasteiger partial charge >= 0.3 is 0 Å². The second-order valence-corrected chi connectivity index (χ2v) is 6.01. The van der Waals surface area contributed by atoms with Gasteiger partial charge in [0.1, 0.15) is 0 Å². The predicted molar refractivity (Wildman–Crippen MR) is 63.0 cm³/mol. The molecule has 2 saturated carbocycles. The highest BCUT2D eigenvalue weighted by Crippen LogP contribution is 2.54. The van der Waals surface area contributed by atoms with E-state index in [-0.39, 0.29) is 0 Å². The normalized spacial score (nSPS) is 39.4. The Morgan fingerprint density at radius 1 is 1.12 bits per heavy atom. The van der Waals surface area contributed by atoms with E-state index in [1.807, 2.05) is 0 Å². The highest BCUT2D eigenvalue weighted by atomic mass is 16.1. The minimum Gasteiger partial charge on any atom is -0.353 e. The average Bonchev–Trinajstić information content (AvgIpc) is 2.89. The summed E-state index contributed by atoms with van der Waals surface area (Å²) < 4.78 is 0. The summed E-state index contributed by atoms with van der Waals surface area (Å²) in [7, 11) is 2.16. The van der Waals surface area contributed by atoms with E-state index in [9.17, 15) is 4.79 Å². The van der Waals surface area contributed by atoms with Crippen molar-refractivity contribution in [3.8, 4) is 0 Å². The molecule has 0 aromatic heterocycles. The molecular formula is C13H22N2O. The van der Waals surface area contributed by atoms with Crippen LogP contribution in [0.5, 0.6) is 0 Å². The van der Waals surface area contributed by atoms with E-state index in [2.05, 4.69) is 17.3 Å². The minimum absolute atomic E-state index is 0.349. The van der Waals surface area contributed by atoms with Gasteiger partial charge in [-0.1, -0.05) is 0 Å². The van der Waals surface area contributed by atoms with E-state index in [0.717, 1.165) is 37.8 Å². The van der Waals surface area contributed by atoms with Gasteiger partial charge < -0.3 is 10.2 Å². The molecule has 3 heteroatoms. The number of nitrogens with zero attached hydrogens (tertiary/aromatic N) is 1. The third kappa shape index (κ3) is 2.10. The number of hydrogen-bond acceptors (Lipinski definition) is 2. The van der Waals surface area contributed by atoms with Gasteiger partial charge in [-0.2, -0.15) is 0 Å². The quantitative estimate of drug-likeness (QED) is 0.762. The number of amides is 1. The minimum atomic E-state index is 0.349. The van der Waals surface area contributed by atoms with Gasteiger partial charge in [0.2, 0.25) is 5.91 Å². The first-order valence-corrected chi connectivity index (χ1v) is 6.71. The molecule has 2 atom stereocenters. The molecule has 90 valence electrons. The largest absolute Gasteiger partial charge is 0.353 e. The van der Waals surface area contributed by atoms with Crippen LogP contribution in [0.3, 0.4) is 0 Å². The lowest BCUT2D eigenvalue weighted by Crippen LogP contribution is -2.45. The fraction of sp³-hybridized carbons (Fsp3) is 0.923. The van der Waals surface area contributed by atoms with Crippen LogP contribution in [0.25, 0.3) is 0 Å². The van der Waals surface area contributed by atoms with Gasteiger partial charge in [0.05, 0.1) is 0 Å². The van der Waals surface area contributed by atoms with Gasteiger partial charge in [-0.05, 0) is 64.1 Å². The van der Waals surface area contributed by atoms with Crippen molar-refractivity contribution in [2.45, 2.75) is 38.1 Å². The summed E-state index contributed by atoms with van der Waals surface area (Å²) in [5.74, 6) is 2.52. The summed E-state index contributed by atoms with van der Waals surface area (Å²) in [6.07, 6.45) is 5.99. The molecule has 1 N–H and O–H groups in total. The maximum Gasteiger partial charge on any atom is 0.223 e. The molecule has 3 rings (SSSR count). The lowest BCUT2D eigenvalue weighted by atomic mass is 10.00. The Labute approximate surface area is 97.6 Å². The molecule has 0 bridgehead atoms. The number of likely N-dealkylation sites (tertiary alicyclic amines) is 1. The Morgan fingerprint density at radius 2 is 1.75 bits per heavy atom. The first-order valence-electron chi connectivity index (χ1n) is 6.71. The van der Waals surface area contributed by atoms with Crippen LogP contribution >= 0.6 is 0 Å². The van der Waals surface area contributed by atoms with Crippen molar-refractivity contribution < 1.29 is 4.79 Å². The molecule has 1 amide bonds. The fourth-order valence-electron chi connectivity index (χ4n) is 3.40. The number of fused-ring (bicyclic) bond motifs is 1. The van der Waals surface area contributed by atoms with Crippen LogP contribution in [-0.4, -0.2) is 37.0 Å². The van der Waals surface area contributed by atoms with E-state index in [0.29, 0.717) is 17.9 Å². The van der Waals surface area contributed by atoms with Crippen molar-refractivity contribution in [2.24, 2.45) is 17.8 Å². The Hall–Kier alpha value is -0.570.